The summed E-state index contributed by atoms with van der Waals surface area (Å²) in [6.07, 6.45) is 1.65. The molecule has 0 radical (unpaired) electrons. The summed E-state index contributed by atoms with van der Waals surface area (Å²) in [6, 6.07) is 15.4. The molecule has 0 aliphatic rings. The van der Waals surface area contributed by atoms with Crippen LogP contribution in [0.2, 0.25) is 0 Å². The van der Waals surface area contributed by atoms with E-state index in [-0.39, 0.29) is 4.90 Å². The summed E-state index contributed by atoms with van der Waals surface area (Å²) in [5.74, 6) is 1.18. The molecule has 0 bridgehead atoms. The molecular formula is C19H17NO4S. The van der Waals surface area contributed by atoms with Gasteiger partial charge >= 0.3 is 0 Å². The van der Waals surface area contributed by atoms with Crippen molar-refractivity contribution in [2.75, 3.05) is 0 Å². The van der Waals surface area contributed by atoms with E-state index in [0.29, 0.717) is 17.1 Å². The molecule has 0 atom stereocenters. The van der Waals surface area contributed by atoms with Crippen molar-refractivity contribution in [3.05, 3.63) is 71.5 Å². The highest BCUT2D eigenvalue weighted by Gasteiger charge is 2.10. The van der Waals surface area contributed by atoms with Gasteiger partial charge in [-0.15, -0.1) is 0 Å². The Kier molecular flexibility index (Phi) is 4.57. The van der Waals surface area contributed by atoms with Gasteiger partial charge in [-0.25, -0.2) is 0 Å². The van der Waals surface area contributed by atoms with Crippen molar-refractivity contribution in [1.29, 1.82) is 0 Å². The summed E-state index contributed by atoms with van der Waals surface area (Å²) < 4.78 is 36.9. The number of benzene rings is 2. The largest absolute Gasteiger partial charge is 0.455 e. The molecule has 0 amide bonds. The first-order valence-electron chi connectivity index (χ1n) is 7.62. The highest BCUT2D eigenvalue weighted by atomic mass is 32.2. The van der Waals surface area contributed by atoms with Crippen molar-refractivity contribution < 1.29 is 17.4 Å². The first-order chi connectivity index (χ1) is 11.8. The highest BCUT2D eigenvalue weighted by Crippen LogP contribution is 2.24. The lowest BCUT2D eigenvalue weighted by Gasteiger charge is -2.00. The topological polar surface area (TPSA) is 79.9 Å². The number of rotatable bonds is 4. The van der Waals surface area contributed by atoms with Gasteiger partial charge in [-0.2, -0.15) is 8.42 Å². The lowest BCUT2D eigenvalue weighted by molar-refractivity contribution is 0.483. The fourth-order valence-corrected chi connectivity index (χ4v) is 2.93. The Labute approximate surface area is 146 Å². The number of aliphatic imine (C=N–C) groups is 1. The van der Waals surface area contributed by atoms with Crippen LogP contribution in [0.1, 0.15) is 16.9 Å². The third-order valence-corrected chi connectivity index (χ3v) is 4.61. The Morgan fingerprint density at radius 2 is 1.72 bits per heavy atom. The van der Waals surface area contributed by atoms with Crippen molar-refractivity contribution in [3.8, 4) is 11.3 Å². The van der Waals surface area contributed by atoms with Crippen LogP contribution in [-0.4, -0.2) is 19.2 Å². The first kappa shape index (κ1) is 17.1. The van der Waals surface area contributed by atoms with Crippen molar-refractivity contribution in [2.24, 2.45) is 4.99 Å². The Morgan fingerprint density at radius 3 is 2.36 bits per heavy atom. The molecule has 1 aromatic heterocycles. The summed E-state index contributed by atoms with van der Waals surface area (Å²) in [6.45, 7) is 4.04. The van der Waals surface area contributed by atoms with Crippen LogP contribution < -0.4 is 0 Å². The van der Waals surface area contributed by atoms with Crippen molar-refractivity contribution in [1.82, 2.24) is 0 Å². The zero-order valence-corrected chi connectivity index (χ0v) is 14.6. The van der Waals surface area contributed by atoms with Gasteiger partial charge < -0.3 is 4.42 Å². The molecular weight excluding hydrogens is 338 g/mol. The fraction of sp³-hybridized carbons (Fsp3) is 0.105. The van der Waals surface area contributed by atoms with E-state index < -0.39 is 10.1 Å². The molecule has 2 aromatic carbocycles. The highest BCUT2D eigenvalue weighted by molar-refractivity contribution is 7.85. The zero-order chi connectivity index (χ0) is 18.0. The molecule has 3 rings (SSSR count). The van der Waals surface area contributed by atoms with E-state index in [9.17, 15) is 8.42 Å². The summed E-state index contributed by atoms with van der Waals surface area (Å²) >= 11 is 0. The van der Waals surface area contributed by atoms with E-state index in [1.807, 2.05) is 26.0 Å². The molecule has 1 heterocycles. The van der Waals surface area contributed by atoms with E-state index >= 15 is 0 Å². The van der Waals surface area contributed by atoms with Gasteiger partial charge in [-0.3, -0.25) is 9.55 Å². The molecule has 3 aromatic rings. The standard InChI is InChI=1S/C19H17NO4S/c1-13-3-9-18(14(2)11-13)20-12-16-6-10-19(24-16)15-4-7-17(8-5-15)25(21,22)23/h3-12H,1-2H3,(H,21,22,23). The number of hydrogen-bond acceptors (Lipinski definition) is 4. The van der Waals surface area contributed by atoms with Gasteiger partial charge in [0.05, 0.1) is 16.8 Å². The van der Waals surface area contributed by atoms with Crippen LogP contribution in [0.5, 0.6) is 0 Å². The van der Waals surface area contributed by atoms with Gasteiger partial charge in [0.15, 0.2) is 0 Å². The Hall–Kier alpha value is -2.70. The van der Waals surface area contributed by atoms with Gasteiger partial charge in [0, 0.05) is 5.56 Å². The van der Waals surface area contributed by atoms with Crippen molar-refractivity contribution >= 4 is 22.0 Å². The fourth-order valence-electron chi connectivity index (χ4n) is 2.45. The van der Waals surface area contributed by atoms with Crippen LogP contribution in [-0.2, 0) is 10.1 Å². The summed E-state index contributed by atoms with van der Waals surface area (Å²) in [4.78, 5) is 4.29. The predicted molar refractivity (Wildman–Crippen MR) is 97.1 cm³/mol. The molecule has 0 saturated heterocycles. The second kappa shape index (κ2) is 6.66. The van der Waals surface area contributed by atoms with Gasteiger partial charge in [-0.1, -0.05) is 17.7 Å². The average molecular weight is 355 g/mol. The van der Waals surface area contributed by atoms with E-state index in [4.69, 9.17) is 8.97 Å². The monoisotopic (exact) mass is 355 g/mol. The number of hydrogen-bond donors (Lipinski definition) is 1. The lowest BCUT2D eigenvalue weighted by atomic mass is 10.1. The normalized spacial score (nSPS) is 12.0. The van der Waals surface area contributed by atoms with E-state index in [0.717, 1.165) is 11.3 Å². The number of nitrogens with zero attached hydrogens (tertiary/aromatic N) is 1. The molecule has 0 unspecified atom stereocenters. The minimum atomic E-state index is -4.19. The molecule has 0 aliphatic heterocycles. The van der Waals surface area contributed by atoms with E-state index in [1.165, 1.54) is 17.7 Å². The molecule has 0 fully saturated rings. The molecule has 5 nitrogen and oxygen atoms in total. The summed E-state index contributed by atoms with van der Waals surface area (Å²) in [5.41, 5.74) is 3.86. The minimum Gasteiger partial charge on any atom is -0.455 e. The third-order valence-electron chi connectivity index (χ3n) is 3.75. The van der Waals surface area contributed by atoms with Crippen LogP contribution in [0.15, 0.2) is 68.9 Å². The first-order valence-corrected chi connectivity index (χ1v) is 9.06. The summed E-state index contributed by atoms with van der Waals surface area (Å²) in [5, 5.41) is 0. The van der Waals surface area contributed by atoms with Gasteiger partial charge in [0.25, 0.3) is 10.1 Å². The van der Waals surface area contributed by atoms with Crippen LogP contribution in [0.25, 0.3) is 11.3 Å². The van der Waals surface area contributed by atoms with Gasteiger partial charge in [0.2, 0.25) is 0 Å². The minimum absolute atomic E-state index is 0.153. The number of aryl methyl sites for hydroxylation is 2. The van der Waals surface area contributed by atoms with Crippen molar-refractivity contribution in [2.45, 2.75) is 18.7 Å². The van der Waals surface area contributed by atoms with Gasteiger partial charge in [0.1, 0.15) is 11.5 Å². The van der Waals surface area contributed by atoms with Crippen LogP contribution in [0.3, 0.4) is 0 Å². The second-order valence-electron chi connectivity index (χ2n) is 5.75. The molecule has 6 heteroatoms. The molecule has 1 N–H and O–H groups in total. The maximum absolute atomic E-state index is 11.1. The zero-order valence-electron chi connectivity index (χ0n) is 13.8. The lowest BCUT2D eigenvalue weighted by Crippen LogP contribution is -1.97. The Bertz CT molecular complexity index is 1030. The van der Waals surface area contributed by atoms with Crippen LogP contribution >= 0.6 is 0 Å². The van der Waals surface area contributed by atoms with Crippen LogP contribution in [0.4, 0.5) is 5.69 Å². The SMILES string of the molecule is Cc1ccc(N=Cc2ccc(-c3ccc(S(=O)(=O)O)cc3)o2)c(C)c1. The molecule has 25 heavy (non-hydrogen) atoms. The molecule has 0 spiro atoms. The maximum Gasteiger partial charge on any atom is 0.294 e. The summed E-state index contributed by atoms with van der Waals surface area (Å²) in [7, 11) is -4.19. The smallest absolute Gasteiger partial charge is 0.294 e. The van der Waals surface area contributed by atoms with Gasteiger partial charge in [-0.05, 0) is 61.9 Å². The second-order valence-corrected chi connectivity index (χ2v) is 7.17. The van der Waals surface area contributed by atoms with Crippen molar-refractivity contribution in [3.63, 3.8) is 0 Å². The quantitative estimate of drug-likeness (QED) is 0.549. The molecule has 0 saturated carbocycles. The molecule has 0 aliphatic carbocycles. The number of furan rings is 1. The predicted octanol–water partition coefficient (Wildman–Crippen LogP) is 4.56. The molecule has 128 valence electrons. The Morgan fingerprint density at radius 1 is 1.00 bits per heavy atom. The average Bonchev–Trinajstić information content (AvgIpc) is 3.02. The van der Waals surface area contributed by atoms with E-state index in [2.05, 4.69) is 11.1 Å². The van der Waals surface area contributed by atoms with Crippen LogP contribution in [0, 0.1) is 13.8 Å². The third kappa shape index (κ3) is 4.04. The van der Waals surface area contributed by atoms with E-state index in [1.54, 1.807) is 30.5 Å². The Balaban J connectivity index is 1.81. The maximum atomic E-state index is 11.1.